The zero-order chi connectivity index (χ0) is 10.0. The predicted molar refractivity (Wildman–Crippen MR) is 43.1 cm³/mol. The van der Waals surface area contributed by atoms with Crippen molar-refractivity contribution in [3.05, 3.63) is 29.3 Å². The van der Waals surface area contributed by atoms with Crippen LogP contribution in [0.4, 0.5) is 8.78 Å². The molecule has 1 rings (SSSR count). The quantitative estimate of drug-likeness (QED) is 0.468. The Morgan fingerprint density at radius 1 is 1.38 bits per heavy atom. The maximum absolute atomic E-state index is 12.9. The number of methoxy groups -OCH3 is 1. The number of hydrogen-bond donors (Lipinski definition) is 0. The Balaban J connectivity index is 3.23. The predicted octanol–water partition coefficient (Wildman–Crippen LogP) is 0.545. The molecule has 0 amide bonds. The van der Waals surface area contributed by atoms with Crippen LogP contribution < -0.4 is 5.46 Å². The number of rotatable bonds is 1. The molecule has 1 aromatic rings. The number of esters is 1. The molecule has 0 unspecified atom stereocenters. The summed E-state index contributed by atoms with van der Waals surface area (Å²) in [5.41, 5.74) is -0.806. The summed E-state index contributed by atoms with van der Waals surface area (Å²) in [5, 5.41) is 0. The molecule has 0 bridgehead atoms. The van der Waals surface area contributed by atoms with E-state index in [9.17, 15) is 13.6 Å². The maximum Gasteiger partial charge on any atom is 0.340 e. The van der Waals surface area contributed by atoms with Crippen LogP contribution >= 0.6 is 0 Å². The fourth-order valence-corrected chi connectivity index (χ4v) is 0.829. The minimum Gasteiger partial charge on any atom is -0.465 e. The van der Waals surface area contributed by atoms with Crippen LogP contribution in [0.1, 0.15) is 10.4 Å². The van der Waals surface area contributed by atoms with Crippen LogP contribution in [0.5, 0.6) is 0 Å². The third kappa shape index (κ3) is 1.85. The zero-order valence-electron chi connectivity index (χ0n) is 6.80. The fraction of sp³-hybridized carbons (Fsp3) is 0.125. The minimum absolute atomic E-state index is 0.342. The molecule has 0 saturated heterocycles. The van der Waals surface area contributed by atoms with Crippen molar-refractivity contribution in [3.8, 4) is 0 Å². The lowest BCUT2D eigenvalue weighted by Gasteiger charge is -2.03. The molecule has 0 atom stereocenters. The Hall–Kier alpha value is -1.39. The normalized spacial score (nSPS) is 9.77. The topological polar surface area (TPSA) is 26.3 Å². The van der Waals surface area contributed by atoms with Gasteiger partial charge in [0.15, 0.2) is 0 Å². The maximum atomic E-state index is 12.9. The number of carbonyl (C=O) groups excluding carboxylic acids is 1. The Morgan fingerprint density at radius 2 is 2.00 bits per heavy atom. The van der Waals surface area contributed by atoms with Crippen molar-refractivity contribution in [1.29, 1.82) is 0 Å². The van der Waals surface area contributed by atoms with Gasteiger partial charge in [0.1, 0.15) is 19.5 Å². The number of hydrogen-bond acceptors (Lipinski definition) is 2. The molecule has 0 fully saturated rings. The van der Waals surface area contributed by atoms with E-state index in [1.165, 1.54) is 0 Å². The fourth-order valence-electron chi connectivity index (χ4n) is 0.829. The van der Waals surface area contributed by atoms with Crippen molar-refractivity contribution < 1.29 is 18.3 Å². The number of ether oxygens (including phenoxy) is 1. The second-order valence-electron chi connectivity index (χ2n) is 2.35. The second-order valence-corrected chi connectivity index (χ2v) is 2.35. The molecule has 1 aromatic carbocycles. The summed E-state index contributed by atoms with van der Waals surface area (Å²) >= 11 is 0. The molecule has 0 N–H and O–H groups in total. The van der Waals surface area contributed by atoms with Gasteiger partial charge in [0.2, 0.25) is 0 Å². The molecular weight excluding hydrogens is 177 g/mol. The molecule has 2 nitrogen and oxygen atoms in total. The Kier molecular flexibility index (Phi) is 2.65. The highest BCUT2D eigenvalue weighted by Gasteiger charge is 2.14. The first-order chi connectivity index (χ1) is 6.06. The average molecular weight is 182 g/mol. The molecule has 0 spiro atoms. The van der Waals surface area contributed by atoms with Crippen LogP contribution in [0, 0.1) is 11.6 Å². The van der Waals surface area contributed by atoms with E-state index in [1.54, 1.807) is 0 Å². The summed E-state index contributed by atoms with van der Waals surface area (Å²) < 4.78 is 29.9. The van der Waals surface area contributed by atoms with E-state index in [2.05, 4.69) is 4.74 Å². The summed E-state index contributed by atoms with van der Waals surface area (Å²) in [4.78, 5) is 10.8. The minimum atomic E-state index is -0.934. The number of halogens is 2. The van der Waals surface area contributed by atoms with Gasteiger partial charge in [0.25, 0.3) is 0 Å². The van der Waals surface area contributed by atoms with Gasteiger partial charge in [-0.05, 0) is 12.1 Å². The third-order valence-corrected chi connectivity index (χ3v) is 1.49. The zero-order valence-corrected chi connectivity index (χ0v) is 6.80. The van der Waals surface area contributed by atoms with Gasteiger partial charge in [-0.25, -0.2) is 13.6 Å². The summed E-state index contributed by atoms with van der Waals surface area (Å²) in [6.45, 7) is 0. The molecule has 5 heteroatoms. The Labute approximate surface area is 74.9 Å². The van der Waals surface area contributed by atoms with Gasteiger partial charge >= 0.3 is 5.97 Å². The number of carbonyl (C=O) groups is 1. The van der Waals surface area contributed by atoms with E-state index in [0.717, 1.165) is 13.2 Å². The molecule has 2 radical (unpaired) electrons. The van der Waals surface area contributed by atoms with Crippen LogP contribution in [0.25, 0.3) is 0 Å². The SMILES string of the molecule is [B]c1cc(F)c(C(=O)OC)cc1F. The second kappa shape index (κ2) is 3.55. The smallest absolute Gasteiger partial charge is 0.340 e. The lowest BCUT2D eigenvalue weighted by Crippen LogP contribution is -2.14. The molecule has 0 saturated carbocycles. The van der Waals surface area contributed by atoms with Gasteiger partial charge in [0.05, 0.1) is 12.7 Å². The van der Waals surface area contributed by atoms with E-state index in [0.29, 0.717) is 6.07 Å². The Bertz CT molecular complexity index is 352. The van der Waals surface area contributed by atoms with Crippen molar-refractivity contribution in [2.24, 2.45) is 0 Å². The number of benzene rings is 1. The van der Waals surface area contributed by atoms with Crippen LogP contribution in [-0.4, -0.2) is 20.9 Å². The highest BCUT2D eigenvalue weighted by Crippen LogP contribution is 2.08. The van der Waals surface area contributed by atoms with Crippen LogP contribution in [0.15, 0.2) is 12.1 Å². The largest absolute Gasteiger partial charge is 0.465 e. The first-order valence-corrected chi connectivity index (χ1v) is 3.39. The molecule has 0 aromatic heterocycles. The lowest BCUT2D eigenvalue weighted by molar-refractivity contribution is 0.0595. The molecule has 0 aliphatic carbocycles. The van der Waals surface area contributed by atoms with Gasteiger partial charge in [0, 0.05) is 0 Å². The highest BCUT2D eigenvalue weighted by atomic mass is 19.1. The van der Waals surface area contributed by atoms with E-state index in [4.69, 9.17) is 7.85 Å². The summed E-state index contributed by atoms with van der Waals surface area (Å²) in [7, 11) is 6.14. The van der Waals surface area contributed by atoms with Gasteiger partial charge in [-0.1, -0.05) is 5.46 Å². The first-order valence-electron chi connectivity index (χ1n) is 3.39. The summed E-state index contributed by atoms with van der Waals surface area (Å²) in [5.74, 6) is -2.68. The molecule has 13 heavy (non-hydrogen) atoms. The third-order valence-electron chi connectivity index (χ3n) is 1.49. The van der Waals surface area contributed by atoms with E-state index >= 15 is 0 Å². The summed E-state index contributed by atoms with van der Waals surface area (Å²) in [6.07, 6.45) is 0. The van der Waals surface area contributed by atoms with Gasteiger partial charge in [-0.3, -0.25) is 0 Å². The first kappa shape index (κ1) is 9.70. The van der Waals surface area contributed by atoms with Crippen molar-refractivity contribution in [3.63, 3.8) is 0 Å². The van der Waals surface area contributed by atoms with Crippen molar-refractivity contribution in [2.75, 3.05) is 7.11 Å². The van der Waals surface area contributed by atoms with Gasteiger partial charge < -0.3 is 4.74 Å². The van der Waals surface area contributed by atoms with E-state index in [-0.39, 0.29) is 5.46 Å². The summed E-state index contributed by atoms with van der Waals surface area (Å²) in [6, 6.07) is 1.44. The molecule has 0 aliphatic rings. The van der Waals surface area contributed by atoms with Crippen LogP contribution in [-0.2, 0) is 4.74 Å². The molecule has 0 aliphatic heterocycles. The van der Waals surface area contributed by atoms with Crippen molar-refractivity contribution >= 4 is 19.3 Å². The highest BCUT2D eigenvalue weighted by molar-refractivity contribution is 6.32. The van der Waals surface area contributed by atoms with Crippen LogP contribution in [0.3, 0.4) is 0 Å². The lowest BCUT2D eigenvalue weighted by atomic mass is 9.94. The molecule has 0 heterocycles. The monoisotopic (exact) mass is 182 g/mol. The van der Waals surface area contributed by atoms with Gasteiger partial charge in [-0.2, -0.15) is 0 Å². The van der Waals surface area contributed by atoms with Crippen molar-refractivity contribution in [1.82, 2.24) is 0 Å². The van der Waals surface area contributed by atoms with Gasteiger partial charge in [-0.15, -0.1) is 0 Å². The average Bonchev–Trinajstić information content (AvgIpc) is 2.10. The van der Waals surface area contributed by atoms with E-state index < -0.39 is 23.2 Å². The molecular formula is C8H5BF2O2. The van der Waals surface area contributed by atoms with E-state index in [1.807, 2.05) is 0 Å². The van der Waals surface area contributed by atoms with Crippen LogP contribution in [0.2, 0.25) is 0 Å². The molecule has 66 valence electrons. The Morgan fingerprint density at radius 3 is 2.54 bits per heavy atom. The van der Waals surface area contributed by atoms with Crippen molar-refractivity contribution in [2.45, 2.75) is 0 Å². The standard InChI is InChI=1S/C8H5BF2O2/c1-13-8(12)4-2-7(11)5(9)3-6(4)10/h2-3H,1H3.